The van der Waals surface area contributed by atoms with Gasteiger partial charge in [-0.3, -0.25) is 14.4 Å². The van der Waals surface area contributed by atoms with Crippen LogP contribution in [-0.4, -0.2) is 22.8 Å². The van der Waals surface area contributed by atoms with Crippen LogP contribution in [0, 0.1) is 19.7 Å². The van der Waals surface area contributed by atoms with E-state index in [0.29, 0.717) is 34.9 Å². The Labute approximate surface area is 215 Å². The lowest BCUT2D eigenvalue weighted by atomic mass is 9.88. The van der Waals surface area contributed by atoms with Gasteiger partial charge in [-0.1, -0.05) is 24.8 Å². The number of rotatable bonds is 7. The number of nitrogens with zero attached hydrogens (tertiary/aromatic N) is 1. The first-order valence-electron chi connectivity index (χ1n) is 12.1. The Morgan fingerprint density at radius 2 is 1.65 bits per heavy atom. The summed E-state index contributed by atoms with van der Waals surface area (Å²) in [5, 5.41) is 3.84. The first-order valence-corrected chi connectivity index (χ1v) is 12.1. The molecular formula is C31H29FN2O3. The molecule has 1 N–H and O–H groups in total. The van der Waals surface area contributed by atoms with E-state index >= 15 is 0 Å². The van der Waals surface area contributed by atoms with E-state index in [9.17, 15) is 18.8 Å². The van der Waals surface area contributed by atoms with Gasteiger partial charge in [0.05, 0.1) is 0 Å². The van der Waals surface area contributed by atoms with Gasteiger partial charge in [-0.15, -0.1) is 0 Å². The molecule has 0 saturated heterocycles. The number of hydrogen-bond acceptors (Lipinski definition) is 3. The van der Waals surface area contributed by atoms with Crippen LogP contribution in [0.2, 0.25) is 0 Å². The molecule has 0 atom stereocenters. The van der Waals surface area contributed by atoms with Crippen LogP contribution in [0.1, 0.15) is 49.9 Å². The summed E-state index contributed by atoms with van der Waals surface area (Å²) in [6.45, 7) is 9.68. The Bertz CT molecular complexity index is 1610. The molecule has 3 aromatic carbocycles. The minimum Gasteiger partial charge on any atom is -0.352 e. The molecule has 4 rings (SSSR count). The van der Waals surface area contributed by atoms with Crippen LogP contribution >= 0.6 is 0 Å². The van der Waals surface area contributed by atoms with Gasteiger partial charge >= 0.3 is 0 Å². The third-order valence-electron chi connectivity index (χ3n) is 6.68. The highest BCUT2D eigenvalue weighted by molar-refractivity contribution is 6.06. The second-order valence-electron chi connectivity index (χ2n) is 9.21. The predicted octanol–water partition coefficient (Wildman–Crippen LogP) is 5.67. The monoisotopic (exact) mass is 496 g/mol. The van der Waals surface area contributed by atoms with Crippen molar-refractivity contribution in [2.75, 3.05) is 6.54 Å². The number of pyridine rings is 1. The number of amides is 1. The first-order chi connectivity index (χ1) is 17.6. The molecule has 37 heavy (non-hydrogen) atoms. The number of fused-ring (bicyclic) bond motifs is 1. The van der Waals surface area contributed by atoms with E-state index in [1.807, 2.05) is 32.9 Å². The topological polar surface area (TPSA) is 68.2 Å². The van der Waals surface area contributed by atoms with E-state index in [4.69, 9.17) is 0 Å². The summed E-state index contributed by atoms with van der Waals surface area (Å²) in [6.07, 6.45) is 3.53. The van der Waals surface area contributed by atoms with Gasteiger partial charge in [0.2, 0.25) is 0 Å². The van der Waals surface area contributed by atoms with Gasteiger partial charge in [0, 0.05) is 41.9 Å². The van der Waals surface area contributed by atoms with Gasteiger partial charge in [0.15, 0.2) is 5.78 Å². The Kier molecular flexibility index (Phi) is 7.21. The standard InChI is InChI=1S/C31H29FN2O3/c1-6-29(35)21-9-8-20(14-25-18(3)12-23(32)13-19(25)4)26(15-21)28-17-34(5)31(37)27-16-22(10-11-24(27)28)30(36)33-7-2/h6,8-13,15-17H,1,7,14H2,2-5H3,(H,33,36). The van der Waals surface area contributed by atoms with Gasteiger partial charge in [-0.2, -0.15) is 0 Å². The highest BCUT2D eigenvalue weighted by atomic mass is 19.1. The van der Waals surface area contributed by atoms with Crippen LogP contribution in [0.15, 0.2) is 72.2 Å². The highest BCUT2D eigenvalue weighted by Gasteiger charge is 2.18. The number of allylic oxidation sites excluding steroid dienone is 1. The Morgan fingerprint density at radius 3 is 2.30 bits per heavy atom. The van der Waals surface area contributed by atoms with Crippen LogP contribution in [0.25, 0.3) is 21.9 Å². The molecule has 1 amide bonds. The van der Waals surface area contributed by atoms with Gasteiger partial charge in [0.1, 0.15) is 5.82 Å². The summed E-state index contributed by atoms with van der Waals surface area (Å²) in [5.74, 6) is -0.745. The van der Waals surface area contributed by atoms with Crippen molar-refractivity contribution in [1.82, 2.24) is 9.88 Å². The number of aromatic nitrogens is 1. The SMILES string of the molecule is C=CC(=O)c1ccc(Cc2c(C)cc(F)cc2C)c(-c2cn(C)c(=O)c3cc(C(=O)NCC)ccc23)c1. The molecule has 0 aliphatic carbocycles. The maximum absolute atomic E-state index is 14.0. The smallest absolute Gasteiger partial charge is 0.258 e. The zero-order valence-corrected chi connectivity index (χ0v) is 21.4. The van der Waals surface area contributed by atoms with E-state index in [-0.39, 0.29) is 23.1 Å². The molecule has 4 aromatic rings. The average Bonchev–Trinajstić information content (AvgIpc) is 2.87. The fourth-order valence-corrected chi connectivity index (χ4v) is 4.75. The number of nitrogens with one attached hydrogen (secondary N) is 1. The molecule has 0 fully saturated rings. The van der Waals surface area contributed by atoms with Crippen LogP contribution in [0.4, 0.5) is 4.39 Å². The fourth-order valence-electron chi connectivity index (χ4n) is 4.75. The van der Waals surface area contributed by atoms with Crippen LogP contribution < -0.4 is 10.9 Å². The average molecular weight is 497 g/mol. The van der Waals surface area contributed by atoms with E-state index < -0.39 is 0 Å². The van der Waals surface area contributed by atoms with Crippen molar-refractivity contribution in [2.45, 2.75) is 27.2 Å². The maximum Gasteiger partial charge on any atom is 0.258 e. The number of hydrogen-bond donors (Lipinski definition) is 1. The predicted molar refractivity (Wildman–Crippen MR) is 146 cm³/mol. The molecule has 0 saturated carbocycles. The molecule has 0 aliphatic heterocycles. The largest absolute Gasteiger partial charge is 0.352 e. The molecule has 0 spiro atoms. The van der Waals surface area contributed by atoms with Crippen LogP contribution in [0.3, 0.4) is 0 Å². The lowest BCUT2D eigenvalue weighted by Crippen LogP contribution is -2.23. The molecule has 1 heterocycles. The second kappa shape index (κ2) is 10.3. The third-order valence-corrected chi connectivity index (χ3v) is 6.68. The number of carbonyl (C=O) groups is 2. The van der Waals surface area contributed by atoms with Crippen molar-refractivity contribution in [1.29, 1.82) is 0 Å². The van der Waals surface area contributed by atoms with Gasteiger partial charge in [0.25, 0.3) is 11.5 Å². The summed E-state index contributed by atoms with van der Waals surface area (Å²) in [5.41, 5.74) is 5.78. The summed E-state index contributed by atoms with van der Waals surface area (Å²) in [6, 6.07) is 13.6. The van der Waals surface area contributed by atoms with Crippen molar-refractivity contribution < 1.29 is 14.0 Å². The maximum atomic E-state index is 14.0. The molecule has 0 aliphatic rings. The fraction of sp³-hybridized carbons (Fsp3) is 0.194. The third kappa shape index (κ3) is 5.00. The van der Waals surface area contributed by atoms with Crippen LogP contribution in [0.5, 0.6) is 0 Å². The Balaban J connectivity index is 1.99. The molecule has 188 valence electrons. The van der Waals surface area contributed by atoms with Crippen molar-refractivity contribution in [2.24, 2.45) is 7.05 Å². The summed E-state index contributed by atoms with van der Waals surface area (Å²) >= 11 is 0. The molecule has 5 nitrogen and oxygen atoms in total. The molecule has 0 radical (unpaired) electrons. The molecule has 1 aromatic heterocycles. The number of benzene rings is 3. The normalized spacial score (nSPS) is 10.9. The van der Waals surface area contributed by atoms with E-state index in [1.165, 1.54) is 22.8 Å². The zero-order valence-electron chi connectivity index (χ0n) is 21.4. The van der Waals surface area contributed by atoms with E-state index in [0.717, 1.165) is 33.4 Å². The minimum atomic E-state index is -0.280. The molecule has 0 bridgehead atoms. The number of halogens is 1. The molecule has 6 heteroatoms. The van der Waals surface area contributed by atoms with Crippen molar-refractivity contribution in [3.8, 4) is 11.1 Å². The second-order valence-corrected chi connectivity index (χ2v) is 9.21. The zero-order chi connectivity index (χ0) is 26.9. The highest BCUT2D eigenvalue weighted by Crippen LogP contribution is 2.33. The van der Waals surface area contributed by atoms with Crippen molar-refractivity contribution in [3.63, 3.8) is 0 Å². The number of ketones is 1. The van der Waals surface area contributed by atoms with Gasteiger partial charge in [-0.25, -0.2) is 4.39 Å². The summed E-state index contributed by atoms with van der Waals surface area (Å²) < 4.78 is 15.4. The number of aryl methyl sites for hydroxylation is 3. The lowest BCUT2D eigenvalue weighted by Gasteiger charge is -2.17. The van der Waals surface area contributed by atoms with Crippen molar-refractivity contribution in [3.05, 3.63) is 117 Å². The van der Waals surface area contributed by atoms with Gasteiger partial charge in [-0.05, 0) is 96.8 Å². The summed E-state index contributed by atoms with van der Waals surface area (Å²) in [4.78, 5) is 38.1. The number of carbonyl (C=O) groups excluding carboxylic acids is 2. The van der Waals surface area contributed by atoms with E-state index in [1.54, 1.807) is 37.5 Å². The lowest BCUT2D eigenvalue weighted by molar-refractivity contribution is 0.0955. The first kappa shape index (κ1) is 25.8. The molecule has 0 unspecified atom stereocenters. The van der Waals surface area contributed by atoms with Crippen molar-refractivity contribution >= 4 is 22.5 Å². The summed E-state index contributed by atoms with van der Waals surface area (Å²) in [7, 11) is 1.66. The van der Waals surface area contributed by atoms with Crippen LogP contribution in [-0.2, 0) is 13.5 Å². The Morgan fingerprint density at radius 1 is 0.973 bits per heavy atom. The minimum absolute atomic E-state index is 0.213. The van der Waals surface area contributed by atoms with Gasteiger partial charge < -0.3 is 9.88 Å². The quantitative estimate of drug-likeness (QED) is 0.265. The Hall–Kier alpha value is -4.32. The van der Waals surface area contributed by atoms with E-state index in [2.05, 4.69) is 11.9 Å². The molecular weight excluding hydrogens is 467 g/mol.